The molecule has 10 nitrogen and oxygen atoms in total. The van der Waals surface area contributed by atoms with E-state index in [1.54, 1.807) is 37.5 Å². The highest BCUT2D eigenvalue weighted by Gasteiger charge is 2.18. The average molecular weight is 405 g/mol. The van der Waals surface area contributed by atoms with E-state index >= 15 is 0 Å². The van der Waals surface area contributed by atoms with Crippen LogP contribution < -0.4 is 10.1 Å². The lowest BCUT2D eigenvalue weighted by Crippen LogP contribution is -2.11. The topological polar surface area (TPSA) is 132 Å². The van der Waals surface area contributed by atoms with Gasteiger partial charge in [0.15, 0.2) is 0 Å². The van der Waals surface area contributed by atoms with Crippen LogP contribution in [-0.2, 0) is 7.05 Å². The molecule has 0 aliphatic carbocycles. The van der Waals surface area contributed by atoms with Crippen molar-refractivity contribution in [1.29, 1.82) is 0 Å². The van der Waals surface area contributed by atoms with Crippen LogP contribution in [0.15, 0.2) is 60.9 Å². The summed E-state index contributed by atoms with van der Waals surface area (Å²) in [5.41, 5.74) is 1.15. The lowest BCUT2D eigenvalue weighted by Gasteiger charge is -2.06. The second-order valence-corrected chi connectivity index (χ2v) is 6.45. The van der Waals surface area contributed by atoms with Gasteiger partial charge < -0.3 is 15.0 Å². The fourth-order valence-electron chi connectivity index (χ4n) is 2.91. The van der Waals surface area contributed by atoms with E-state index < -0.39 is 10.9 Å². The predicted molar refractivity (Wildman–Crippen MR) is 108 cm³/mol. The minimum Gasteiger partial charge on any atom is -0.422 e. The Labute approximate surface area is 169 Å². The molecule has 150 valence electrons. The summed E-state index contributed by atoms with van der Waals surface area (Å²) in [6.07, 6.45) is 3.05. The Hall–Kier alpha value is -4.47. The van der Waals surface area contributed by atoms with Gasteiger partial charge in [0.25, 0.3) is 11.6 Å². The number of hydrogen-bond acceptors (Lipinski definition) is 6. The third kappa shape index (κ3) is 3.74. The molecule has 0 atom stereocenters. The molecule has 2 N–H and O–H groups in total. The molecule has 10 heteroatoms. The Morgan fingerprint density at radius 1 is 1.20 bits per heavy atom. The number of nitro groups is 1. The zero-order valence-electron chi connectivity index (χ0n) is 15.7. The number of rotatable bonds is 5. The van der Waals surface area contributed by atoms with Crippen molar-refractivity contribution in [1.82, 2.24) is 14.8 Å². The van der Waals surface area contributed by atoms with Crippen LogP contribution in [0.1, 0.15) is 20.8 Å². The molecule has 4 rings (SSSR count). The molecule has 0 aliphatic rings. The summed E-state index contributed by atoms with van der Waals surface area (Å²) < 4.78 is 6.84. The standard InChI is InChI=1S/C20H15N5O5/c1-24-11-13(10-21-24)19(26)22-14-5-7-15(8-6-14)30-20(27)16-9-12-3-2-4-17(25(28)29)18(12)23-16/h2-11,23H,1H3,(H,22,26). The van der Waals surface area contributed by atoms with E-state index in [2.05, 4.69) is 15.4 Å². The first-order valence-electron chi connectivity index (χ1n) is 8.79. The number of aryl methyl sites for hydroxylation is 1. The quantitative estimate of drug-likeness (QED) is 0.227. The van der Waals surface area contributed by atoms with Crippen molar-refractivity contribution in [3.8, 4) is 5.75 Å². The largest absolute Gasteiger partial charge is 0.422 e. The van der Waals surface area contributed by atoms with Crippen LogP contribution in [0.5, 0.6) is 5.75 Å². The number of ether oxygens (including phenoxy) is 1. The summed E-state index contributed by atoms with van der Waals surface area (Å²) in [6.45, 7) is 0. The van der Waals surface area contributed by atoms with Crippen molar-refractivity contribution in [3.05, 3.63) is 82.3 Å². The Balaban J connectivity index is 1.46. The second-order valence-electron chi connectivity index (χ2n) is 6.45. The van der Waals surface area contributed by atoms with E-state index in [1.807, 2.05) is 0 Å². The molecule has 0 aliphatic heterocycles. The van der Waals surface area contributed by atoms with Gasteiger partial charge in [0.1, 0.15) is 17.0 Å². The predicted octanol–water partition coefficient (Wildman–Crippen LogP) is 3.28. The average Bonchev–Trinajstić information content (AvgIpc) is 3.35. The highest BCUT2D eigenvalue weighted by Crippen LogP contribution is 2.26. The summed E-state index contributed by atoms with van der Waals surface area (Å²) in [6, 6.07) is 12.3. The molecule has 4 aromatic rings. The van der Waals surface area contributed by atoms with Gasteiger partial charge in [-0.25, -0.2) is 4.79 Å². The molecule has 0 spiro atoms. The van der Waals surface area contributed by atoms with Crippen LogP contribution in [0.3, 0.4) is 0 Å². The first-order chi connectivity index (χ1) is 14.4. The maximum atomic E-state index is 12.4. The Bertz CT molecular complexity index is 1270. The first-order valence-corrected chi connectivity index (χ1v) is 8.79. The van der Waals surface area contributed by atoms with Gasteiger partial charge in [0, 0.05) is 30.4 Å². The monoisotopic (exact) mass is 405 g/mol. The number of nitro benzene ring substituents is 1. The normalized spacial score (nSPS) is 10.7. The number of amides is 1. The molecular formula is C20H15N5O5. The second kappa shape index (κ2) is 7.51. The molecule has 1 amide bonds. The van der Waals surface area contributed by atoms with Crippen molar-refractivity contribution in [2.45, 2.75) is 0 Å². The van der Waals surface area contributed by atoms with Gasteiger partial charge in [0.05, 0.1) is 16.7 Å². The Kier molecular flexibility index (Phi) is 4.72. The van der Waals surface area contributed by atoms with Crippen LogP contribution in [0.2, 0.25) is 0 Å². The Morgan fingerprint density at radius 2 is 1.97 bits per heavy atom. The number of H-pyrrole nitrogens is 1. The summed E-state index contributed by atoms with van der Waals surface area (Å²) in [5, 5.41) is 18.3. The van der Waals surface area contributed by atoms with Crippen molar-refractivity contribution < 1.29 is 19.2 Å². The SMILES string of the molecule is Cn1cc(C(=O)Nc2ccc(OC(=O)c3cc4cccc([N+](=O)[O-])c4[nH]3)cc2)cn1. The number of non-ortho nitro benzene ring substituents is 1. The first kappa shape index (κ1) is 18.9. The fraction of sp³-hybridized carbons (Fsp3) is 0.0500. The van der Waals surface area contributed by atoms with Gasteiger partial charge in [-0.05, 0) is 30.3 Å². The van der Waals surface area contributed by atoms with Gasteiger partial charge in [0.2, 0.25) is 0 Å². The number of para-hydroxylation sites is 1. The van der Waals surface area contributed by atoms with E-state index in [9.17, 15) is 19.7 Å². The number of aromatic amines is 1. The molecular weight excluding hydrogens is 390 g/mol. The summed E-state index contributed by atoms with van der Waals surface area (Å²) in [7, 11) is 1.71. The number of esters is 1. The van der Waals surface area contributed by atoms with Crippen molar-refractivity contribution in [2.75, 3.05) is 5.32 Å². The summed E-state index contributed by atoms with van der Waals surface area (Å²) in [4.78, 5) is 37.9. The summed E-state index contributed by atoms with van der Waals surface area (Å²) >= 11 is 0. The number of nitrogens with zero attached hydrogens (tertiary/aromatic N) is 3. The van der Waals surface area contributed by atoms with Gasteiger partial charge >= 0.3 is 5.97 Å². The number of aromatic nitrogens is 3. The maximum absolute atomic E-state index is 12.4. The number of fused-ring (bicyclic) bond motifs is 1. The lowest BCUT2D eigenvalue weighted by atomic mass is 10.2. The van der Waals surface area contributed by atoms with Gasteiger partial charge in [-0.3, -0.25) is 19.6 Å². The zero-order chi connectivity index (χ0) is 21.3. The van der Waals surface area contributed by atoms with Gasteiger partial charge in [-0.15, -0.1) is 0 Å². The van der Waals surface area contributed by atoms with Crippen molar-refractivity contribution in [3.63, 3.8) is 0 Å². The molecule has 0 bridgehead atoms. The third-order valence-electron chi connectivity index (χ3n) is 4.34. The number of hydrogen-bond donors (Lipinski definition) is 2. The molecule has 0 fully saturated rings. The van der Waals surface area contributed by atoms with Crippen molar-refractivity contribution in [2.24, 2.45) is 7.05 Å². The molecule has 2 heterocycles. The smallest absolute Gasteiger partial charge is 0.360 e. The Morgan fingerprint density at radius 3 is 2.63 bits per heavy atom. The highest BCUT2D eigenvalue weighted by atomic mass is 16.6. The minimum absolute atomic E-state index is 0.0910. The van der Waals surface area contributed by atoms with Gasteiger partial charge in [-0.1, -0.05) is 12.1 Å². The van der Waals surface area contributed by atoms with E-state index in [0.717, 1.165) is 0 Å². The molecule has 30 heavy (non-hydrogen) atoms. The van der Waals surface area contributed by atoms with Crippen LogP contribution in [0, 0.1) is 10.1 Å². The molecule has 2 aromatic heterocycles. The number of benzene rings is 2. The molecule has 0 unspecified atom stereocenters. The van der Waals surface area contributed by atoms with Crippen LogP contribution in [0.25, 0.3) is 10.9 Å². The number of carbonyl (C=O) groups is 2. The fourth-order valence-corrected chi connectivity index (χ4v) is 2.91. The zero-order valence-corrected chi connectivity index (χ0v) is 15.7. The van der Waals surface area contributed by atoms with Crippen LogP contribution in [-0.4, -0.2) is 31.6 Å². The van der Waals surface area contributed by atoms with Crippen LogP contribution >= 0.6 is 0 Å². The van der Waals surface area contributed by atoms with E-state index in [0.29, 0.717) is 16.6 Å². The maximum Gasteiger partial charge on any atom is 0.360 e. The van der Waals surface area contributed by atoms with Gasteiger partial charge in [-0.2, -0.15) is 5.10 Å². The molecule has 0 saturated carbocycles. The highest BCUT2D eigenvalue weighted by molar-refractivity contribution is 6.04. The molecule has 0 radical (unpaired) electrons. The lowest BCUT2D eigenvalue weighted by molar-refractivity contribution is -0.383. The molecule has 0 saturated heterocycles. The molecule has 2 aromatic carbocycles. The van der Waals surface area contributed by atoms with E-state index in [1.165, 1.54) is 35.1 Å². The minimum atomic E-state index is -0.687. The summed E-state index contributed by atoms with van der Waals surface area (Å²) in [5.74, 6) is -0.743. The number of carbonyl (C=O) groups excluding carboxylic acids is 2. The third-order valence-corrected chi connectivity index (χ3v) is 4.34. The number of anilines is 1. The van der Waals surface area contributed by atoms with Crippen molar-refractivity contribution >= 4 is 34.2 Å². The van der Waals surface area contributed by atoms with Crippen LogP contribution in [0.4, 0.5) is 11.4 Å². The number of nitrogens with one attached hydrogen (secondary N) is 2. The van der Waals surface area contributed by atoms with E-state index in [4.69, 9.17) is 4.74 Å². The van der Waals surface area contributed by atoms with E-state index in [-0.39, 0.29) is 28.6 Å².